The van der Waals surface area contributed by atoms with Crippen LogP contribution in [0, 0.1) is 11.2 Å². The molecule has 1 N–H and O–H groups in total. The Hall–Kier alpha value is -0.540. The lowest BCUT2D eigenvalue weighted by atomic mass is 9.81. The van der Waals surface area contributed by atoms with Crippen molar-refractivity contribution in [3.8, 4) is 0 Å². The van der Waals surface area contributed by atoms with Gasteiger partial charge in [-0.15, -0.1) is 11.8 Å². The zero-order chi connectivity index (χ0) is 14.8. The molecule has 1 aromatic rings. The first-order valence-electron chi connectivity index (χ1n) is 7.65. The van der Waals surface area contributed by atoms with Crippen molar-refractivity contribution in [1.29, 1.82) is 0 Å². The number of aliphatic hydroxyl groups excluding tert-OH is 1. The molecule has 0 radical (unpaired) electrons. The van der Waals surface area contributed by atoms with Crippen molar-refractivity contribution in [1.82, 2.24) is 0 Å². The molecule has 0 aromatic heterocycles. The van der Waals surface area contributed by atoms with Gasteiger partial charge in [-0.3, -0.25) is 0 Å². The quantitative estimate of drug-likeness (QED) is 0.593. The zero-order valence-electron chi connectivity index (χ0n) is 12.7. The molecule has 1 rings (SSSR count). The Kier molecular flexibility index (Phi) is 8.24. The molecule has 1 aromatic carbocycles. The molecule has 0 atom stereocenters. The molecule has 0 spiro atoms. The van der Waals surface area contributed by atoms with Crippen LogP contribution in [0.4, 0.5) is 4.39 Å². The molecule has 1 nitrogen and oxygen atoms in total. The molecule has 0 bridgehead atoms. The van der Waals surface area contributed by atoms with Gasteiger partial charge in [-0.05, 0) is 37.1 Å². The smallest absolute Gasteiger partial charge is 0.123 e. The van der Waals surface area contributed by atoms with Crippen molar-refractivity contribution < 1.29 is 9.50 Å². The van der Waals surface area contributed by atoms with Crippen LogP contribution in [0.1, 0.15) is 52.4 Å². The van der Waals surface area contributed by atoms with E-state index in [0.29, 0.717) is 0 Å². The summed E-state index contributed by atoms with van der Waals surface area (Å²) in [7, 11) is 0. The minimum absolute atomic E-state index is 0.0189. The monoisotopic (exact) mass is 298 g/mol. The Morgan fingerprint density at radius 3 is 2.05 bits per heavy atom. The highest BCUT2D eigenvalue weighted by atomic mass is 32.2. The van der Waals surface area contributed by atoms with E-state index in [-0.39, 0.29) is 17.8 Å². The van der Waals surface area contributed by atoms with Gasteiger partial charge in [-0.25, -0.2) is 4.39 Å². The van der Waals surface area contributed by atoms with Crippen molar-refractivity contribution in [3.63, 3.8) is 0 Å². The van der Waals surface area contributed by atoms with Crippen LogP contribution < -0.4 is 0 Å². The lowest BCUT2D eigenvalue weighted by Gasteiger charge is -2.32. The van der Waals surface area contributed by atoms with Crippen LogP contribution in [-0.4, -0.2) is 17.5 Å². The number of unbranched alkanes of at least 4 members (excludes halogenated alkanes) is 2. The zero-order valence-corrected chi connectivity index (χ0v) is 13.5. The molecule has 0 saturated heterocycles. The van der Waals surface area contributed by atoms with Crippen LogP contribution in [0.2, 0.25) is 0 Å². The van der Waals surface area contributed by atoms with Crippen LogP contribution in [0.25, 0.3) is 0 Å². The fraction of sp³-hybridized carbons (Fsp3) is 0.647. The second-order valence-corrected chi connectivity index (χ2v) is 6.66. The number of benzene rings is 1. The summed E-state index contributed by atoms with van der Waals surface area (Å²) in [5, 5.41) is 9.88. The fourth-order valence-corrected chi connectivity index (χ4v) is 3.53. The number of hydrogen-bond donors (Lipinski definition) is 1. The summed E-state index contributed by atoms with van der Waals surface area (Å²) in [6.45, 7) is 4.63. The van der Waals surface area contributed by atoms with E-state index >= 15 is 0 Å². The van der Waals surface area contributed by atoms with Gasteiger partial charge in [0.25, 0.3) is 0 Å². The number of rotatable bonds is 10. The third kappa shape index (κ3) is 5.84. The molecule has 0 aliphatic rings. The number of thioether (sulfide) groups is 1. The predicted molar refractivity (Wildman–Crippen MR) is 85.7 cm³/mol. The van der Waals surface area contributed by atoms with Gasteiger partial charge in [0.2, 0.25) is 0 Å². The summed E-state index contributed by atoms with van der Waals surface area (Å²) in [4.78, 5) is 1.08. The van der Waals surface area contributed by atoms with E-state index in [4.69, 9.17) is 0 Å². The minimum atomic E-state index is -0.195. The van der Waals surface area contributed by atoms with Gasteiger partial charge < -0.3 is 5.11 Å². The normalized spacial score (nSPS) is 11.8. The van der Waals surface area contributed by atoms with E-state index in [1.165, 1.54) is 12.1 Å². The number of aliphatic hydroxyl groups is 1. The van der Waals surface area contributed by atoms with E-state index in [9.17, 15) is 9.50 Å². The van der Waals surface area contributed by atoms with Gasteiger partial charge in [0.05, 0.1) is 0 Å². The minimum Gasteiger partial charge on any atom is -0.396 e. The molecule has 0 heterocycles. The first-order valence-corrected chi connectivity index (χ1v) is 8.63. The number of hydrogen-bond acceptors (Lipinski definition) is 2. The van der Waals surface area contributed by atoms with E-state index in [1.807, 2.05) is 12.1 Å². The molecular formula is C17H27FOS. The van der Waals surface area contributed by atoms with Crippen molar-refractivity contribution in [2.75, 3.05) is 12.4 Å². The molecule has 3 heteroatoms. The van der Waals surface area contributed by atoms with E-state index < -0.39 is 0 Å². The van der Waals surface area contributed by atoms with E-state index in [2.05, 4.69) is 13.8 Å². The van der Waals surface area contributed by atoms with Crippen LogP contribution in [0.5, 0.6) is 0 Å². The van der Waals surface area contributed by atoms with Crippen molar-refractivity contribution in [2.24, 2.45) is 5.41 Å². The molecule has 0 unspecified atom stereocenters. The summed E-state index contributed by atoms with van der Waals surface area (Å²) in [6, 6.07) is 6.64. The van der Waals surface area contributed by atoms with Crippen LogP contribution in [0.15, 0.2) is 29.2 Å². The number of halogens is 1. The summed E-state index contributed by atoms with van der Waals surface area (Å²) in [6.07, 6.45) is 6.80. The summed E-state index contributed by atoms with van der Waals surface area (Å²) in [5.41, 5.74) is 0.0189. The third-order valence-corrected chi connectivity index (χ3v) is 5.18. The Labute approximate surface area is 127 Å². The van der Waals surface area contributed by atoms with Crippen LogP contribution >= 0.6 is 11.8 Å². The largest absolute Gasteiger partial charge is 0.396 e. The highest BCUT2D eigenvalue weighted by Crippen LogP contribution is 2.36. The first kappa shape index (κ1) is 17.5. The maximum atomic E-state index is 12.9. The molecular weight excluding hydrogens is 271 g/mol. The van der Waals surface area contributed by atoms with Gasteiger partial charge in [0.1, 0.15) is 5.82 Å². The molecule has 20 heavy (non-hydrogen) atoms. The second kappa shape index (κ2) is 9.41. The standard InChI is InChI=1S/C17H27FOS/c1-3-5-11-17(13-19,12-6-4-2)14-20-16-9-7-15(18)8-10-16/h7-10,19H,3-6,11-14H2,1-2H3. The van der Waals surface area contributed by atoms with Gasteiger partial charge in [0.15, 0.2) is 0 Å². The fourth-order valence-electron chi connectivity index (χ4n) is 2.34. The topological polar surface area (TPSA) is 20.2 Å². The molecule has 0 fully saturated rings. The Bertz CT molecular complexity index is 356. The first-order chi connectivity index (χ1) is 9.65. The second-order valence-electron chi connectivity index (χ2n) is 5.61. The van der Waals surface area contributed by atoms with Crippen LogP contribution in [0.3, 0.4) is 0 Å². The maximum absolute atomic E-state index is 12.9. The molecule has 114 valence electrons. The average Bonchev–Trinajstić information content (AvgIpc) is 2.49. The highest BCUT2D eigenvalue weighted by Gasteiger charge is 2.28. The predicted octanol–water partition coefficient (Wildman–Crippen LogP) is 5.28. The lowest BCUT2D eigenvalue weighted by molar-refractivity contribution is 0.122. The molecule has 0 saturated carbocycles. The summed E-state index contributed by atoms with van der Waals surface area (Å²) < 4.78 is 12.9. The third-order valence-electron chi connectivity index (χ3n) is 3.82. The van der Waals surface area contributed by atoms with Crippen molar-refractivity contribution >= 4 is 11.8 Å². The van der Waals surface area contributed by atoms with Crippen molar-refractivity contribution in [3.05, 3.63) is 30.1 Å². The van der Waals surface area contributed by atoms with Gasteiger partial charge in [-0.1, -0.05) is 39.5 Å². The lowest BCUT2D eigenvalue weighted by Crippen LogP contribution is -2.28. The van der Waals surface area contributed by atoms with E-state index in [0.717, 1.165) is 49.2 Å². The summed E-state index contributed by atoms with van der Waals surface area (Å²) in [5.74, 6) is 0.717. The van der Waals surface area contributed by atoms with E-state index in [1.54, 1.807) is 11.8 Å². The van der Waals surface area contributed by atoms with Crippen LogP contribution in [-0.2, 0) is 0 Å². The average molecular weight is 298 g/mol. The Morgan fingerprint density at radius 2 is 1.60 bits per heavy atom. The Balaban J connectivity index is 2.64. The highest BCUT2D eigenvalue weighted by molar-refractivity contribution is 7.99. The molecule has 0 aliphatic carbocycles. The van der Waals surface area contributed by atoms with Crippen molar-refractivity contribution in [2.45, 2.75) is 57.3 Å². The SMILES string of the molecule is CCCCC(CO)(CCCC)CSc1ccc(F)cc1. The van der Waals surface area contributed by atoms with Gasteiger partial charge >= 0.3 is 0 Å². The molecule has 0 aliphatic heterocycles. The van der Waals surface area contributed by atoms with Gasteiger partial charge in [-0.2, -0.15) is 0 Å². The Morgan fingerprint density at radius 1 is 1.05 bits per heavy atom. The maximum Gasteiger partial charge on any atom is 0.123 e. The molecule has 0 amide bonds. The van der Waals surface area contributed by atoms with Gasteiger partial charge in [0, 0.05) is 22.7 Å². The summed E-state index contributed by atoms with van der Waals surface area (Å²) >= 11 is 1.73.